The van der Waals surface area contributed by atoms with Crippen LogP contribution in [0.3, 0.4) is 0 Å². The summed E-state index contributed by atoms with van der Waals surface area (Å²) >= 11 is 0. The van der Waals surface area contributed by atoms with Gasteiger partial charge in [-0.05, 0) is 18.3 Å². The van der Waals surface area contributed by atoms with Gasteiger partial charge in [-0.1, -0.05) is 20.8 Å². The molecule has 0 spiro atoms. The first kappa shape index (κ1) is 13.3. The molecule has 1 aliphatic carbocycles. The highest BCUT2D eigenvalue weighted by Crippen LogP contribution is 2.20. The average molecular weight is 248 g/mol. The smallest absolute Gasteiger partial charge is 0.147 e. The molecule has 18 heavy (non-hydrogen) atoms. The highest BCUT2D eigenvalue weighted by atomic mass is 15.2. The fourth-order valence-corrected chi connectivity index (χ4v) is 1.99. The molecule has 1 aromatic rings. The average Bonchev–Trinajstić information content (AvgIpc) is 3.08. The van der Waals surface area contributed by atoms with Crippen LogP contribution in [-0.2, 0) is 6.54 Å². The van der Waals surface area contributed by atoms with Crippen LogP contribution in [0.1, 0.15) is 39.3 Å². The topological polar surface area (TPSA) is 41.1 Å². The monoisotopic (exact) mass is 248 g/mol. The third kappa shape index (κ3) is 4.26. The summed E-state index contributed by atoms with van der Waals surface area (Å²) in [5.74, 6) is 0.958. The van der Waals surface area contributed by atoms with E-state index in [9.17, 15) is 0 Å². The van der Waals surface area contributed by atoms with E-state index in [-0.39, 0.29) is 5.41 Å². The molecule has 4 heteroatoms. The Balaban J connectivity index is 1.96. The van der Waals surface area contributed by atoms with Gasteiger partial charge in [0.1, 0.15) is 5.82 Å². The van der Waals surface area contributed by atoms with Gasteiger partial charge in [0.15, 0.2) is 0 Å². The zero-order valence-electron chi connectivity index (χ0n) is 11.9. The molecule has 1 fully saturated rings. The normalized spacial score (nSPS) is 15.8. The minimum absolute atomic E-state index is 0.263. The van der Waals surface area contributed by atoms with Crippen LogP contribution in [0.15, 0.2) is 12.4 Å². The molecule has 1 aliphatic rings. The van der Waals surface area contributed by atoms with Crippen molar-refractivity contribution >= 4 is 5.82 Å². The zero-order chi connectivity index (χ0) is 13.2. The fourth-order valence-electron chi connectivity index (χ4n) is 1.99. The van der Waals surface area contributed by atoms with E-state index in [0.29, 0.717) is 6.04 Å². The molecule has 1 saturated carbocycles. The molecule has 0 radical (unpaired) electrons. The summed E-state index contributed by atoms with van der Waals surface area (Å²) in [7, 11) is 2.08. The molecule has 1 aromatic heterocycles. The molecule has 0 bridgehead atoms. The van der Waals surface area contributed by atoms with Crippen LogP contribution in [0, 0.1) is 5.41 Å². The SMILES string of the molecule is CN(CC(C)(C)C)c1cncc(CNC2CC2)n1. The number of hydrogen-bond donors (Lipinski definition) is 1. The minimum atomic E-state index is 0.263. The van der Waals surface area contributed by atoms with Crippen LogP contribution in [-0.4, -0.2) is 29.6 Å². The molecular formula is C14H24N4. The first-order chi connectivity index (χ1) is 8.44. The number of nitrogens with zero attached hydrogens (tertiary/aromatic N) is 3. The van der Waals surface area contributed by atoms with E-state index in [1.165, 1.54) is 12.8 Å². The van der Waals surface area contributed by atoms with Crippen molar-refractivity contribution in [1.29, 1.82) is 0 Å². The lowest BCUT2D eigenvalue weighted by atomic mass is 9.96. The Hall–Kier alpha value is -1.16. The molecule has 0 amide bonds. The molecule has 1 heterocycles. The highest BCUT2D eigenvalue weighted by molar-refractivity contribution is 5.35. The molecular weight excluding hydrogens is 224 g/mol. The van der Waals surface area contributed by atoms with Crippen molar-refractivity contribution in [3.05, 3.63) is 18.1 Å². The van der Waals surface area contributed by atoms with Crippen LogP contribution in [0.2, 0.25) is 0 Å². The predicted octanol–water partition coefficient (Wildman–Crippen LogP) is 2.21. The van der Waals surface area contributed by atoms with Gasteiger partial charge in [-0.2, -0.15) is 0 Å². The van der Waals surface area contributed by atoms with Crippen molar-refractivity contribution in [2.75, 3.05) is 18.5 Å². The Morgan fingerprint density at radius 2 is 2.06 bits per heavy atom. The Kier molecular flexibility index (Phi) is 3.85. The van der Waals surface area contributed by atoms with E-state index in [0.717, 1.165) is 24.6 Å². The summed E-state index contributed by atoms with van der Waals surface area (Å²) in [6.45, 7) is 8.50. The van der Waals surface area contributed by atoms with Crippen LogP contribution < -0.4 is 10.2 Å². The number of aromatic nitrogens is 2. The van der Waals surface area contributed by atoms with Gasteiger partial charge in [0.05, 0.1) is 11.9 Å². The Morgan fingerprint density at radius 1 is 1.33 bits per heavy atom. The maximum atomic E-state index is 4.66. The second-order valence-corrected chi connectivity index (χ2v) is 6.44. The van der Waals surface area contributed by atoms with Gasteiger partial charge < -0.3 is 10.2 Å². The van der Waals surface area contributed by atoms with E-state index in [1.54, 1.807) is 0 Å². The summed E-state index contributed by atoms with van der Waals surface area (Å²) in [5, 5.41) is 3.47. The van der Waals surface area contributed by atoms with Crippen LogP contribution in [0.4, 0.5) is 5.82 Å². The van der Waals surface area contributed by atoms with Crippen molar-refractivity contribution in [2.24, 2.45) is 5.41 Å². The lowest BCUT2D eigenvalue weighted by Crippen LogP contribution is -2.30. The third-order valence-corrected chi connectivity index (χ3v) is 2.92. The van der Waals surface area contributed by atoms with Crippen molar-refractivity contribution in [3.8, 4) is 0 Å². The Labute approximate surface area is 110 Å². The number of nitrogens with one attached hydrogen (secondary N) is 1. The predicted molar refractivity (Wildman–Crippen MR) is 74.6 cm³/mol. The van der Waals surface area contributed by atoms with Gasteiger partial charge >= 0.3 is 0 Å². The van der Waals surface area contributed by atoms with Crippen molar-refractivity contribution in [2.45, 2.75) is 46.2 Å². The Morgan fingerprint density at radius 3 is 2.67 bits per heavy atom. The first-order valence-corrected chi connectivity index (χ1v) is 6.69. The molecule has 100 valence electrons. The molecule has 0 aromatic carbocycles. The van der Waals surface area contributed by atoms with E-state index in [4.69, 9.17) is 0 Å². The van der Waals surface area contributed by atoms with E-state index in [2.05, 4.69) is 48.0 Å². The van der Waals surface area contributed by atoms with Crippen LogP contribution >= 0.6 is 0 Å². The highest BCUT2D eigenvalue weighted by Gasteiger charge is 2.20. The molecule has 0 aliphatic heterocycles. The number of hydrogen-bond acceptors (Lipinski definition) is 4. The number of rotatable bonds is 5. The van der Waals surface area contributed by atoms with Gasteiger partial charge in [-0.25, -0.2) is 4.98 Å². The minimum Gasteiger partial charge on any atom is -0.358 e. The van der Waals surface area contributed by atoms with E-state index < -0.39 is 0 Å². The lowest BCUT2D eigenvalue weighted by molar-refractivity contribution is 0.417. The van der Waals surface area contributed by atoms with E-state index >= 15 is 0 Å². The maximum absolute atomic E-state index is 4.66. The molecule has 0 unspecified atom stereocenters. The second-order valence-electron chi connectivity index (χ2n) is 6.44. The summed E-state index contributed by atoms with van der Waals surface area (Å²) in [6.07, 6.45) is 6.30. The summed E-state index contributed by atoms with van der Waals surface area (Å²) in [4.78, 5) is 11.1. The molecule has 1 N–H and O–H groups in total. The summed E-state index contributed by atoms with van der Waals surface area (Å²) in [5.41, 5.74) is 1.29. The fraction of sp³-hybridized carbons (Fsp3) is 0.714. The van der Waals surface area contributed by atoms with Gasteiger partial charge in [-0.15, -0.1) is 0 Å². The van der Waals surface area contributed by atoms with Gasteiger partial charge in [0, 0.05) is 32.4 Å². The zero-order valence-corrected chi connectivity index (χ0v) is 11.9. The molecule has 2 rings (SSSR count). The molecule has 0 atom stereocenters. The van der Waals surface area contributed by atoms with Crippen LogP contribution in [0.5, 0.6) is 0 Å². The number of anilines is 1. The quantitative estimate of drug-likeness (QED) is 0.867. The van der Waals surface area contributed by atoms with Crippen LogP contribution in [0.25, 0.3) is 0 Å². The molecule has 0 saturated heterocycles. The largest absolute Gasteiger partial charge is 0.358 e. The van der Waals surface area contributed by atoms with E-state index in [1.807, 2.05) is 12.4 Å². The Bertz CT molecular complexity index is 393. The van der Waals surface area contributed by atoms with Gasteiger partial charge in [0.2, 0.25) is 0 Å². The molecule has 4 nitrogen and oxygen atoms in total. The van der Waals surface area contributed by atoms with Crippen molar-refractivity contribution < 1.29 is 0 Å². The van der Waals surface area contributed by atoms with Gasteiger partial charge in [-0.3, -0.25) is 4.98 Å². The standard InChI is InChI=1S/C14H24N4/c1-14(2,3)10-18(4)13-9-15-7-12(17-13)8-16-11-5-6-11/h7,9,11,16H,5-6,8,10H2,1-4H3. The third-order valence-electron chi connectivity index (χ3n) is 2.92. The van der Waals surface area contributed by atoms with Gasteiger partial charge in [0.25, 0.3) is 0 Å². The summed E-state index contributed by atoms with van der Waals surface area (Å²) < 4.78 is 0. The lowest BCUT2D eigenvalue weighted by Gasteiger charge is -2.27. The second kappa shape index (κ2) is 5.22. The summed E-state index contributed by atoms with van der Waals surface area (Å²) in [6, 6.07) is 0.711. The van der Waals surface area contributed by atoms with Crippen molar-refractivity contribution in [3.63, 3.8) is 0 Å². The first-order valence-electron chi connectivity index (χ1n) is 6.69. The maximum Gasteiger partial charge on any atom is 0.147 e. The van der Waals surface area contributed by atoms with Crippen molar-refractivity contribution in [1.82, 2.24) is 15.3 Å².